The summed E-state index contributed by atoms with van der Waals surface area (Å²) in [5, 5.41) is 17.3. The molecule has 118 valence electrons. The van der Waals surface area contributed by atoms with Crippen LogP contribution in [0.15, 0.2) is 12.3 Å². The van der Waals surface area contributed by atoms with Gasteiger partial charge in [0.25, 0.3) is 0 Å². The highest BCUT2D eigenvalue weighted by Gasteiger charge is 2.22. The van der Waals surface area contributed by atoms with Crippen molar-refractivity contribution in [1.29, 1.82) is 5.26 Å². The van der Waals surface area contributed by atoms with Crippen molar-refractivity contribution in [1.82, 2.24) is 15.2 Å². The summed E-state index contributed by atoms with van der Waals surface area (Å²) in [7, 11) is 0. The Morgan fingerprint density at radius 2 is 2.27 bits per heavy atom. The van der Waals surface area contributed by atoms with Crippen LogP contribution in [0.4, 0.5) is 10.6 Å². The van der Waals surface area contributed by atoms with Gasteiger partial charge in [-0.1, -0.05) is 0 Å². The first-order chi connectivity index (χ1) is 10.3. The minimum absolute atomic E-state index is 0.0117. The van der Waals surface area contributed by atoms with E-state index in [1.165, 1.54) is 0 Å². The average molecular weight is 303 g/mol. The normalized spacial score (nSPS) is 17.7. The molecular formula is C15H21N5O2. The van der Waals surface area contributed by atoms with Crippen LogP contribution in [0.1, 0.15) is 39.2 Å². The predicted molar refractivity (Wildman–Crippen MR) is 82.3 cm³/mol. The molecule has 7 nitrogen and oxygen atoms in total. The summed E-state index contributed by atoms with van der Waals surface area (Å²) in [6, 6.07) is 3.35. The molecule has 0 aromatic carbocycles. The highest BCUT2D eigenvalue weighted by atomic mass is 16.2. The minimum atomic E-state index is -0.353. The number of urea groups is 1. The van der Waals surface area contributed by atoms with Gasteiger partial charge in [-0.2, -0.15) is 5.26 Å². The van der Waals surface area contributed by atoms with Crippen LogP contribution in [0.3, 0.4) is 0 Å². The van der Waals surface area contributed by atoms with Crippen molar-refractivity contribution in [3.63, 3.8) is 0 Å². The zero-order valence-electron chi connectivity index (χ0n) is 13.1. The largest absolute Gasteiger partial charge is 0.352 e. The first-order valence-electron chi connectivity index (χ1n) is 7.27. The SMILES string of the molecule is CC(C)(C)n1cc(C#N)cc1NC(=O)NC[C@@H]1CCC(=O)N1. The van der Waals surface area contributed by atoms with Gasteiger partial charge in [-0.15, -0.1) is 0 Å². The molecule has 0 bridgehead atoms. The van der Waals surface area contributed by atoms with Gasteiger partial charge in [-0.25, -0.2) is 4.79 Å². The second-order valence-electron chi connectivity index (χ2n) is 6.40. The number of nitrogens with one attached hydrogen (secondary N) is 3. The van der Waals surface area contributed by atoms with Crippen molar-refractivity contribution in [2.24, 2.45) is 0 Å². The molecule has 1 saturated heterocycles. The van der Waals surface area contributed by atoms with E-state index in [-0.39, 0.29) is 23.5 Å². The van der Waals surface area contributed by atoms with Gasteiger partial charge in [-0.3, -0.25) is 10.1 Å². The van der Waals surface area contributed by atoms with Crippen LogP contribution in [0.5, 0.6) is 0 Å². The molecule has 1 aromatic rings. The third kappa shape index (κ3) is 3.79. The molecule has 0 unspecified atom stereocenters. The molecule has 1 aliphatic heterocycles. The number of aromatic nitrogens is 1. The number of carbonyl (C=O) groups is 2. The van der Waals surface area contributed by atoms with E-state index in [2.05, 4.69) is 22.0 Å². The summed E-state index contributed by atoms with van der Waals surface area (Å²) in [5.41, 5.74) is 0.241. The van der Waals surface area contributed by atoms with Crippen molar-refractivity contribution in [3.05, 3.63) is 17.8 Å². The van der Waals surface area contributed by atoms with E-state index in [0.717, 1.165) is 6.42 Å². The van der Waals surface area contributed by atoms with Gasteiger partial charge >= 0.3 is 6.03 Å². The topological polar surface area (TPSA) is 98.9 Å². The quantitative estimate of drug-likeness (QED) is 0.789. The monoisotopic (exact) mass is 303 g/mol. The predicted octanol–water partition coefficient (Wildman–Crippen LogP) is 1.51. The molecule has 1 atom stereocenters. The van der Waals surface area contributed by atoms with E-state index in [9.17, 15) is 9.59 Å². The zero-order chi connectivity index (χ0) is 16.3. The second kappa shape index (κ2) is 6.10. The highest BCUT2D eigenvalue weighted by molar-refractivity contribution is 5.89. The van der Waals surface area contributed by atoms with Crippen LogP contribution < -0.4 is 16.0 Å². The Labute approximate surface area is 129 Å². The molecule has 1 fully saturated rings. The molecule has 3 N–H and O–H groups in total. The lowest BCUT2D eigenvalue weighted by Crippen LogP contribution is -2.40. The van der Waals surface area contributed by atoms with E-state index < -0.39 is 0 Å². The lowest BCUT2D eigenvalue weighted by molar-refractivity contribution is -0.119. The molecule has 7 heteroatoms. The number of hydrogen-bond acceptors (Lipinski definition) is 3. The van der Waals surface area contributed by atoms with E-state index in [1.54, 1.807) is 12.3 Å². The lowest BCUT2D eigenvalue weighted by atomic mass is 10.1. The molecule has 1 aliphatic rings. The minimum Gasteiger partial charge on any atom is -0.352 e. The molecule has 0 spiro atoms. The van der Waals surface area contributed by atoms with Gasteiger partial charge in [0, 0.05) is 30.7 Å². The Kier molecular flexibility index (Phi) is 4.40. The van der Waals surface area contributed by atoms with Gasteiger partial charge in [-0.05, 0) is 33.3 Å². The zero-order valence-corrected chi connectivity index (χ0v) is 13.1. The van der Waals surface area contributed by atoms with Crippen LogP contribution in [-0.4, -0.2) is 29.1 Å². The molecule has 2 rings (SSSR count). The Morgan fingerprint density at radius 3 is 2.82 bits per heavy atom. The first-order valence-corrected chi connectivity index (χ1v) is 7.27. The third-order valence-electron chi connectivity index (χ3n) is 3.51. The molecule has 0 aliphatic carbocycles. The maximum absolute atomic E-state index is 12.0. The lowest BCUT2D eigenvalue weighted by Gasteiger charge is -2.24. The van der Waals surface area contributed by atoms with Gasteiger partial charge in [0.2, 0.25) is 5.91 Å². The van der Waals surface area contributed by atoms with E-state index in [1.807, 2.05) is 25.3 Å². The maximum Gasteiger partial charge on any atom is 0.320 e. The number of hydrogen-bond donors (Lipinski definition) is 3. The van der Waals surface area contributed by atoms with Gasteiger partial charge in [0.1, 0.15) is 11.9 Å². The van der Waals surface area contributed by atoms with E-state index >= 15 is 0 Å². The van der Waals surface area contributed by atoms with Crippen LogP contribution >= 0.6 is 0 Å². The summed E-state index contributed by atoms with van der Waals surface area (Å²) >= 11 is 0. The molecule has 22 heavy (non-hydrogen) atoms. The molecule has 1 aromatic heterocycles. The fourth-order valence-corrected chi connectivity index (χ4v) is 2.38. The highest BCUT2D eigenvalue weighted by Crippen LogP contribution is 2.23. The Bertz CT molecular complexity index is 621. The molecule has 2 heterocycles. The van der Waals surface area contributed by atoms with Gasteiger partial charge < -0.3 is 15.2 Å². The summed E-state index contributed by atoms with van der Waals surface area (Å²) in [5.74, 6) is 0.587. The summed E-state index contributed by atoms with van der Waals surface area (Å²) in [6.07, 6.45) is 2.95. The van der Waals surface area contributed by atoms with Gasteiger partial charge in [0.15, 0.2) is 0 Å². The number of nitriles is 1. The molecule has 0 radical (unpaired) electrons. The van der Waals surface area contributed by atoms with Crippen molar-refractivity contribution in [2.45, 2.75) is 45.2 Å². The molecular weight excluding hydrogens is 282 g/mol. The van der Waals surface area contributed by atoms with Crippen LogP contribution in [0.2, 0.25) is 0 Å². The Balaban J connectivity index is 1.98. The van der Waals surface area contributed by atoms with Crippen molar-refractivity contribution in [3.8, 4) is 6.07 Å². The Morgan fingerprint density at radius 1 is 1.55 bits per heavy atom. The Hall–Kier alpha value is -2.49. The summed E-state index contributed by atoms with van der Waals surface area (Å²) in [6.45, 7) is 6.36. The van der Waals surface area contributed by atoms with Crippen molar-refractivity contribution in [2.75, 3.05) is 11.9 Å². The number of amides is 3. The van der Waals surface area contributed by atoms with Crippen LogP contribution in [0.25, 0.3) is 0 Å². The van der Waals surface area contributed by atoms with E-state index in [4.69, 9.17) is 5.26 Å². The van der Waals surface area contributed by atoms with Gasteiger partial charge in [0.05, 0.1) is 5.56 Å². The van der Waals surface area contributed by atoms with Crippen molar-refractivity contribution >= 4 is 17.8 Å². The second-order valence-corrected chi connectivity index (χ2v) is 6.40. The van der Waals surface area contributed by atoms with E-state index in [0.29, 0.717) is 24.3 Å². The fraction of sp³-hybridized carbons (Fsp3) is 0.533. The first kappa shape index (κ1) is 15.9. The van der Waals surface area contributed by atoms with Crippen LogP contribution in [0, 0.1) is 11.3 Å². The average Bonchev–Trinajstić information content (AvgIpc) is 3.02. The molecule has 0 saturated carbocycles. The number of nitrogens with zero attached hydrogens (tertiary/aromatic N) is 2. The third-order valence-corrected chi connectivity index (χ3v) is 3.51. The standard InChI is InChI=1S/C15H21N5O2/c1-15(2,3)20-9-10(7-16)6-12(20)19-14(22)17-8-11-4-5-13(21)18-11/h6,9,11H,4-5,8H2,1-3H3,(H,18,21)(H2,17,19,22)/t11-/m0/s1. The van der Waals surface area contributed by atoms with Crippen molar-refractivity contribution < 1.29 is 9.59 Å². The number of rotatable bonds is 3. The smallest absolute Gasteiger partial charge is 0.320 e. The molecule has 3 amide bonds. The summed E-state index contributed by atoms with van der Waals surface area (Å²) < 4.78 is 1.85. The van der Waals surface area contributed by atoms with Crippen LogP contribution in [-0.2, 0) is 10.3 Å². The maximum atomic E-state index is 12.0. The number of anilines is 1. The number of carbonyl (C=O) groups excluding carboxylic acids is 2. The summed E-state index contributed by atoms with van der Waals surface area (Å²) in [4.78, 5) is 23.1. The fourth-order valence-electron chi connectivity index (χ4n) is 2.38.